The first kappa shape index (κ1) is 45.9. The topological polar surface area (TPSA) is 38.3 Å². The Balaban J connectivity index is 1.03. The molecule has 0 N–H and O–H groups in total. The van der Waals surface area contributed by atoms with Gasteiger partial charge in [0.05, 0.1) is 11.0 Å². The summed E-state index contributed by atoms with van der Waals surface area (Å²) in [4.78, 5) is 7.54. The third kappa shape index (κ3) is 6.44. The smallest absolute Gasteiger partial charge is 0.181 e. The molecular formula is C74H49N3O2SSi. The number of hydrogen-bond donors (Lipinski definition) is 0. The quantitative estimate of drug-likeness (QED) is 0.0957. The number of furan rings is 2. The largest absolute Gasteiger partial charge is 0.454 e. The van der Waals surface area contributed by atoms with Crippen LogP contribution in [0.3, 0.4) is 0 Å². The summed E-state index contributed by atoms with van der Waals surface area (Å²) in [5.41, 5.74) is 11.0. The molecule has 81 heavy (non-hydrogen) atoms. The van der Waals surface area contributed by atoms with Crippen molar-refractivity contribution in [3.63, 3.8) is 0 Å². The molecule has 6 aromatic heterocycles. The van der Waals surface area contributed by atoms with Gasteiger partial charge < -0.3 is 22.5 Å². The molecule has 0 saturated heterocycles. The second kappa shape index (κ2) is 17.7. The van der Waals surface area contributed by atoms with Crippen molar-refractivity contribution in [3.05, 3.63) is 298 Å². The Morgan fingerprint density at radius 3 is 1.12 bits per heavy atom. The zero-order valence-electron chi connectivity index (χ0n) is 43.9. The predicted molar refractivity (Wildman–Crippen MR) is 339 cm³/mol. The maximum atomic E-state index is 7.06. The minimum Gasteiger partial charge on any atom is -0.454 e. The number of nitrogens with zero attached hydrogens (tertiary/aromatic N) is 3. The third-order valence-corrected chi connectivity index (χ3v) is 25.7. The lowest BCUT2D eigenvalue weighted by molar-refractivity contribution is 0.672. The van der Waals surface area contributed by atoms with E-state index in [4.69, 9.17) is 8.83 Å². The van der Waals surface area contributed by atoms with Crippen molar-refractivity contribution in [1.29, 1.82) is 0 Å². The molecule has 17 rings (SSSR count). The van der Waals surface area contributed by atoms with E-state index >= 15 is 0 Å². The lowest BCUT2D eigenvalue weighted by atomic mass is 10.1. The van der Waals surface area contributed by atoms with Crippen molar-refractivity contribution in [2.45, 2.75) is 19.6 Å². The van der Waals surface area contributed by atoms with Crippen molar-refractivity contribution in [3.8, 4) is 0 Å². The second-order valence-electron chi connectivity index (χ2n) is 21.2. The van der Waals surface area contributed by atoms with E-state index in [1.165, 1.54) is 51.1 Å². The van der Waals surface area contributed by atoms with Crippen LogP contribution < -0.4 is 25.6 Å². The van der Waals surface area contributed by atoms with E-state index in [9.17, 15) is 0 Å². The molecule has 11 aromatic carbocycles. The van der Waals surface area contributed by atoms with Crippen molar-refractivity contribution < 1.29 is 8.83 Å². The first-order chi connectivity index (χ1) is 40.2. The number of fused-ring (bicyclic) bond motifs is 10. The molecule has 0 saturated carbocycles. The zero-order chi connectivity index (χ0) is 53.2. The fourth-order valence-electron chi connectivity index (χ4n) is 13.8. The zero-order valence-corrected chi connectivity index (χ0v) is 45.7. The molecule has 0 spiro atoms. The number of rotatable bonds is 11. The average molecular weight is 1070 g/mol. The summed E-state index contributed by atoms with van der Waals surface area (Å²) in [5.74, 6) is 0. The molecule has 0 aliphatic rings. The summed E-state index contributed by atoms with van der Waals surface area (Å²) in [5, 5.41) is 11.9. The van der Waals surface area contributed by atoms with Crippen LogP contribution in [0.5, 0.6) is 0 Å². The molecule has 5 nitrogen and oxygen atoms in total. The van der Waals surface area contributed by atoms with Gasteiger partial charge in [-0.15, -0.1) is 10.0 Å². The van der Waals surface area contributed by atoms with Gasteiger partial charge in [0.15, 0.2) is 19.2 Å². The molecule has 382 valence electrons. The summed E-state index contributed by atoms with van der Waals surface area (Å²) in [6.45, 7) is 0. The molecule has 0 aliphatic carbocycles. The Morgan fingerprint density at radius 2 is 0.667 bits per heavy atom. The van der Waals surface area contributed by atoms with E-state index in [2.05, 4.69) is 311 Å². The maximum Gasteiger partial charge on any atom is 0.181 e. The highest BCUT2D eigenvalue weighted by Gasteiger charge is 2.45. The molecular weight excluding hydrogens is 1020 g/mol. The van der Waals surface area contributed by atoms with Gasteiger partial charge in [0.25, 0.3) is 0 Å². The van der Waals surface area contributed by atoms with Gasteiger partial charge in [0.1, 0.15) is 22.2 Å². The molecule has 0 aliphatic heterocycles. The molecule has 0 fully saturated rings. The van der Waals surface area contributed by atoms with Gasteiger partial charge in [-0.25, -0.2) is 0 Å². The van der Waals surface area contributed by atoms with E-state index in [1.807, 2.05) is 0 Å². The normalized spacial score (nSPS) is 12.6. The average Bonchev–Trinajstić information content (AvgIpc) is 2.12. The van der Waals surface area contributed by atoms with Crippen LogP contribution in [-0.4, -0.2) is 16.9 Å². The maximum absolute atomic E-state index is 7.06. The van der Waals surface area contributed by atoms with Crippen LogP contribution in [0.25, 0.3) is 76.7 Å². The van der Waals surface area contributed by atoms with Gasteiger partial charge in [-0.05, 0) is 118 Å². The minimum atomic E-state index is -3.12. The number of hydrogen-bond acceptors (Lipinski definition) is 3. The van der Waals surface area contributed by atoms with Crippen molar-refractivity contribution >= 4 is 133 Å². The predicted octanol–water partition coefficient (Wildman–Crippen LogP) is 17.4. The molecule has 17 aromatic rings. The lowest BCUT2D eigenvalue weighted by Gasteiger charge is -2.41. The lowest BCUT2D eigenvalue weighted by Crippen LogP contribution is -2.74. The highest BCUT2D eigenvalue weighted by molar-refractivity contribution is 8.34. The Kier molecular flexibility index (Phi) is 10.1. The summed E-state index contributed by atoms with van der Waals surface area (Å²) in [6.07, 6.45) is 4.92. The first-order valence-electron chi connectivity index (χ1n) is 27.6. The fraction of sp³-hybridized carbons (Fsp3) is 0. The minimum absolute atomic E-state index is 0.865. The van der Waals surface area contributed by atoms with E-state index < -0.39 is 18.1 Å². The third-order valence-electron chi connectivity index (χ3n) is 17.0. The Hall–Kier alpha value is -10.1. The molecule has 0 bridgehead atoms. The molecule has 6 heterocycles. The SMILES string of the molecule is c1ccc(N(c2cc3c([Si](c4ccccc4)(c4ccccc4)c4ccccc4)cn4c3c(c2)c2oc3ccccc3c24)c2cc3c(S(c4ccccc4)(c4ccccc4)c4ccccc4)cn4c3c(c2)c2oc3ccccc3c24)cc1. The Morgan fingerprint density at radius 1 is 0.309 bits per heavy atom. The summed E-state index contributed by atoms with van der Waals surface area (Å²) < 4.78 is 19.0. The van der Waals surface area contributed by atoms with Crippen molar-refractivity contribution in [2.75, 3.05) is 4.90 Å². The van der Waals surface area contributed by atoms with Crippen LogP contribution in [-0.2, 0) is 0 Å². The summed E-state index contributed by atoms with van der Waals surface area (Å²) >= 11 is 0. The van der Waals surface area contributed by atoms with Crippen LogP contribution in [0.15, 0.2) is 326 Å². The second-order valence-corrected chi connectivity index (χ2v) is 28.0. The van der Waals surface area contributed by atoms with E-state index in [-0.39, 0.29) is 0 Å². The Labute approximate surface area is 469 Å². The van der Waals surface area contributed by atoms with Crippen LogP contribution in [0.4, 0.5) is 17.1 Å². The Bertz CT molecular complexity index is 4660. The molecule has 0 unspecified atom stereocenters. The number of aromatic nitrogens is 2. The number of para-hydroxylation sites is 3. The van der Waals surface area contributed by atoms with Crippen molar-refractivity contribution in [1.82, 2.24) is 8.80 Å². The van der Waals surface area contributed by atoms with Gasteiger partial charge in [0, 0.05) is 81.4 Å². The highest BCUT2D eigenvalue weighted by Crippen LogP contribution is 2.75. The van der Waals surface area contributed by atoms with Crippen LogP contribution in [0.2, 0.25) is 0 Å². The summed E-state index contributed by atoms with van der Waals surface area (Å²) in [7, 11) is -5.28. The molecule has 7 heteroatoms. The van der Waals surface area contributed by atoms with Crippen LogP contribution in [0.1, 0.15) is 0 Å². The van der Waals surface area contributed by atoms with E-state index in [0.717, 1.165) is 83.0 Å². The first-order valence-corrected chi connectivity index (χ1v) is 31.3. The van der Waals surface area contributed by atoms with E-state index in [1.54, 1.807) is 0 Å². The standard InChI is InChI=1S/C74H49N3O2SSi/c1-8-26-50(27-9-1)77(51-44-61-67(48-75-69(61)63(46-51)73-71(75)59-40-22-24-42-65(59)78-73)80(53-28-10-2-11-29-53,54-30-12-3-13-31-54)55-32-14-4-15-33-55)52-45-62-68(49-76-70(62)64(47-52)74-72(76)60-41-23-25-43-66(60)79-74)81(56-34-16-5-17-35-56,57-36-18-6-19-37-57)58-38-20-7-21-39-58/h1-49H. The van der Waals surface area contributed by atoms with Gasteiger partial charge in [-0.1, -0.05) is 188 Å². The van der Waals surface area contributed by atoms with Gasteiger partial charge >= 0.3 is 0 Å². The van der Waals surface area contributed by atoms with Gasteiger partial charge in [0.2, 0.25) is 0 Å². The monoisotopic (exact) mass is 1070 g/mol. The summed E-state index contributed by atoms with van der Waals surface area (Å²) in [6, 6.07) is 105. The van der Waals surface area contributed by atoms with Crippen LogP contribution in [0, 0.1) is 0 Å². The van der Waals surface area contributed by atoms with E-state index in [0.29, 0.717) is 0 Å². The highest BCUT2D eigenvalue weighted by atomic mass is 32.3. The number of benzene rings is 11. The van der Waals surface area contributed by atoms with Crippen molar-refractivity contribution in [2.24, 2.45) is 0 Å². The fourth-order valence-corrected chi connectivity index (χ4v) is 22.7. The number of anilines is 3. The van der Waals surface area contributed by atoms with Crippen LogP contribution >= 0.6 is 10.0 Å². The van der Waals surface area contributed by atoms with Gasteiger partial charge in [-0.3, -0.25) is 0 Å². The van der Waals surface area contributed by atoms with Gasteiger partial charge in [-0.2, -0.15) is 0 Å². The molecule has 0 atom stereocenters. The molecule has 0 radical (unpaired) electrons. The molecule has 0 amide bonds.